The van der Waals surface area contributed by atoms with E-state index in [2.05, 4.69) is 20.8 Å². The van der Waals surface area contributed by atoms with Crippen molar-refractivity contribution in [2.45, 2.75) is 19.4 Å². The van der Waals surface area contributed by atoms with Crippen molar-refractivity contribution < 1.29 is 9.53 Å². The molecule has 0 saturated heterocycles. The standard InChI is InChI=1S/C22H24N4O2/c1-16(17-8-4-3-5-9-17)24-22(27)19-12-13-21(26-25-19)23-15-14-18-10-6-7-11-20(18)28-2/h3-13,16H,14-15H2,1-2H3,(H,23,26)(H,24,27). The number of benzene rings is 2. The zero-order valence-electron chi connectivity index (χ0n) is 16.1. The van der Waals surface area contributed by atoms with E-state index in [0.29, 0.717) is 12.4 Å². The molecule has 0 spiro atoms. The normalized spacial score (nSPS) is 11.5. The monoisotopic (exact) mass is 376 g/mol. The van der Waals surface area contributed by atoms with E-state index in [4.69, 9.17) is 4.74 Å². The van der Waals surface area contributed by atoms with Gasteiger partial charge in [-0.3, -0.25) is 4.79 Å². The fourth-order valence-corrected chi connectivity index (χ4v) is 2.88. The number of para-hydroxylation sites is 1. The molecule has 2 aromatic carbocycles. The maximum atomic E-state index is 12.4. The van der Waals surface area contributed by atoms with Crippen LogP contribution < -0.4 is 15.4 Å². The number of methoxy groups -OCH3 is 1. The predicted molar refractivity (Wildman–Crippen MR) is 110 cm³/mol. The molecule has 1 aromatic heterocycles. The first kappa shape index (κ1) is 19.4. The fraction of sp³-hybridized carbons (Fsp3) is 0.227. The van der Waals surface area contributed by atoms with Crippen molar-refractivity contribution in [2.24, 2.45) is 0 Å². The van der Waals surface area contributed by atoms with Crippen LogP contribution in [0.5, 0.6) is 5.75 Å². The number of hydrogen-bond acceptors (Lipinski definition) is 5. The van der Waals surface area contributed by atoms with Gasteiger partial charge in [-0.15, -0.1) is 10.2 Å². The number of aromatic nitrogens is 2. The first-order valence-corrected chi connectivity index (χ1v) is 9.22. The smallest absolute Gasteiger partial charge is 0.272 e. The third-order valence-corrected chi connectivity index (χ3v) is 4.44. The first-order chi connectivity index (χ1) is 13.7. The van der Waals surface area contributed by atoms with Crippen LogP contribution in [0.15, 0.2) is 66.7 Å². The number of carbonyl (C=O) groups excluding carboxylic acids is 1. The summed E-state index contributed by atoms with van der Waals surface area (Å²) in [5.41, 5.74) is 2.45. The Bertz CT molecular complexity index is 898. The van der Waals surface area contributed by atoms with Crippen molar-refractivity contribution in [3.05, 3.63) is 83.6 Å². The summed E-state index contributed by atoms with van der Waals surface area (Å²) in [7, 11) is 1.67. The SMILES string of the molecule is COc1ccccc1CCNc1ccc(C(=O)NC(C)c2ccccc2)nn1. The van der Waals surface area contributed by atoms with Crippen LogP contribution in [0.3, 0.4) is 0 Å². The van der Waals surface area contributed by atoms with Crippen LogP contribution in [0.1, 0.15) is 34.6 Å². The molecule has 0 fully saturated rings. The van der Waals surface area contributed by atoms with Crippen LogP contribution in [0.4, 0.5) is 5.82 Å². The van der Waals surface area contributed by atoms with Crippen LogP contribution in [0, 0.1) is 0 Å². The minimum atomic E-state index is -0.246. The summed E-state index contributed by atoms with van der Waals surface area (Å²) in [6.45, 7) is 2.63. The van der Waals surface area contributed by atoms with Gasteiger partial charge in [0.1, 0.15) is 11.6 Å². The number of rotatable bonds is 8. The Morgan fingerprint density at radius 3 is 2.46 bits per heavy atom. The molecule has 6 heteroatoms. The molecule has 6 nitrogen and oxygen atoms in total. The number of nitrogens with one attached hydrogen (secondary N) is 2. The highest BCUT2D eigenvalue weighted by Gasteiger charge is 2.13. The number of nitrogens with zero attached hydrogens (tertiary/aromatic N) is 2. The van der Waals surface area contributed by atoms with Gasteiger partial charge in [0.15, 0.2) is 5.69 Å². The van der Waals surface area contributed by atoms with Crippen molar-refractivity contribution >= 4 is 11.7 Å². The molecule has 3 aromatic rings. The molecule has 0 saturated carbocycles. The summed E-state index contributed by atoms with van der Waals surface area (Å²) in [6.07, 6.45) is 0.794. The minimum Gasteiger partial charge on any atom is -0.496 e. The molecule has 0 aliphatic carbocycles. The van der Waals surface area contributed by atoms with Gasteiger partial charge in [-0.25, -0.2) is 0 Å². The highest BCUT2D eigenvalue weighted by atomic mass is 16.5. The lowest BCUT2D eigenvalue weighted by molar-refractivity contribution is 0.0934. The zero-order chi connectivity index (χ0) is 19.8. The van der Waals surface area contributed by atoms with Gasteiger partial charge in [0, 0.05) is 6.54 Å². The summed E-state index contributed by atoms with van der Waals surface area (Å²) < 4.78 is 5.35. The third-order valence-electron chi connectivity index (χ3n) is 4.44. The molecule has 3 rings (SSSR count). The maximum Gasteiger partial charge on any atom is 0.272 e. The largest absolute Gasteiger partial charge is 0.496 e. The van der Waals surface area contributed by atoms with Crippen LogP contribution in [-0.2, 0) is 6.42 Å². The number of hydrogen-bond donors (Lipinski definition) is 2. The zero-order valence-corrected chi connectivity index (χ0v) is 16.1. The Kier molecular flexibility index (Phi) is 6.57. The fourth-order valence-electron chi connectivity index (χ4n) is 2.88. The van der Waals surface area contributed by atoms with Crippen LogP contribution in [0.2, 0.25) is 0 Å². The second-order valence-electron chi connectivity index (χ2n) is 6.40. The van der Waals surface area contributed by atoms with Crippen molar-refractivity contribution in [3.63, 3.8) is 0 Å². The van der Waals surface area contributed by atoms with E-state index in [9.17, 15) is 4.79 Å². The van der Waals surface area contributed by atoms with Gasteiger partial charge in [0.05, 0.1) is 13.2 Å². The molecule has 1 atom stereocenters. The molecule has 0 aliphatic heterocycles. The van der Waals surface area contributed by atoms with Gasteiger partial charge >= 0.3 is 0 Å². The molecule has 0 aliphatic rings. The van der Waals surface area contributed by atoms with E-state index in [1.165, 1.54) is 0 Å². The Morgan fingerprint density at radius 1 is 1.00 bits per heavy atom. The molecule has 0 bridgehead atoms. The van der Waals surface area contributed by atoms with Gasteiger partial charge in [-0.1, -0.05) is 48.5 Å². The van der Waals surface area contributed by atoms with Gasteiger partial charge in [0.25, 0.3) is 5.91 Å². The third kappa shape index (κ3) is 5.07. The average Bonchev–Trinajstić information content (AvgIpc) is 2.75. The Labute approximate surface area is 165 Å². The second-order valence-corrected chi connectivity index (χ2v) is 6.40. The molecule has 144 valence electrons. The van der Waals surface area contributed by atoms with E-state index in [-0.39, 0.29) is 17.6 Å². The molecule has 28 heavy (non-hydrogen) atoms. The van der Waals surface area contributed by atoms with E-state index in [1.807, 2.05) is 61.5 Å². The number of ether oxygens (including phenoxy) is 1. The minimum absolute atomic E-state index is 0.103. The summed E-state index contributed by atoms with van der Waals surface area (Å²) in [5, 5.41) is 14.3. The van der Waals surface area contributed by atoms with E-state index >= 15 is 0 Å². The van der Waals surface area contributed by atoms with Crippen molar-refractivity contribution in [1.29, 1.82) is 0 Å². The summed E-state index contributed by atoms with van der Waals surface area (Å²) in [6, 6.07) is 21.0. The molecule has 2 N–H and O–H groups in total. The summed E-state index contributed by atoms with van der Waals surface area (Å²) in [5.74, 6) is 1.25. The lowest BCUT2D eigenvalue weighted by Crippen LogP contribution is -2.27. The number of anilines is 1. The molecule has 1 amide bonds. The quantitative estimate of drug-likeness (QED) is 0.628. The average molecular weight is 376 g/mol. The Balaban J connectivity index is 1.52. The van der Waals surface area contributed by atoms with Crippen molar-refractivity contribution in [2.75, 3.05) is 19.0 Å². The Morgan fingerprint density at radius 2 is 1.75 bits per heavy atom. The molecular formula is C22H24N4O2. The summed E-state index contributed by atoms with van der Waals surface area (Å²) >= 11 is 0. The van der Waals surface area contributed by atoms with E-state index in [0.717, 1.165) is 23.3 Å². The van der Waals surface area contributed by atoms with E-state index < -0.39 is 0 Å². The maximum absolute atomic E-state index is 12.4. The molecular weight excluding hydrogens is 352 g/mol. The Hall–Kier alpha value is -3.41. The number of carbonyl (C=O) groups is 1. The van der Waals surface area contributed by atoms with E-state index in [1.54, 1.807) is 19.2 Å². The highest BCUT2D eigenvalue weighted by Crippen LogP contribution is 2.18. The second kappa shape index (κ2) is 9.50. The van der Waals surface area contributed by atoms with Crippen LogP contribution in [0.25, 0.3) is 0 Å². The molecule has 0 radical (unpaired) electrons. The van der Waals surface area contributed by atoms with Crippen molar-refractivity contribution in [3.8, 4) is 5.75 Å². The highest BCUT2D eigenvalue weighted by molar-refractivity contribution is 5.92. The molecule has 1 heterocycles. The lowest BCUT2D eigenvalue weighted by atomic mass is 10.1. The van der Waals surface area contributed by atoms with Crippen LogP contribution >= 0.6 is 0 Å². The van der Waals surface area contributed by atoms with Gasteiger partial charge in [-0.2, -0.15) is 0 Å². The predicted octanol–water partition coefficient (Wildman–Crippen LogP) is 3.63. The first-order valence-electron chi connectivity index (χ1n) is 9.22. The topological polar surface area (TPSA) is 76.1 Å². The van der Waals surface area contributed by atoms with Gasteiger partial charge in [-0.05, 0) is 42.7 Å². The van der Waals surface area contributed by atoms with Crippen molar-refractivity contribution in [1.82, 2.24) is 15.5 Å². The van der Waals surface area contributed by atoms with Gasteiger partial charge < -0.3 is 15.4 Å². The molecule has 1 unspecified atom stereocenters. The summed E-state index contributed by atoms with van der Waals surface area (Å²) in [4.78, 5) is 12.4. The van der Waals surface area contributed by atoms with Crippen LogP contribution in [-0.4, -0.2) is 29.8 Å². The van der Waals surface area contributed by atoms with Gasteiger partial charge in [0.2, 0.25) is 0 Å². The lowest BCUT2D eigenvalue weighted by Gasteiger charge is -2.14. The number of amides is 1.